The first kappa shape index (κ1) is 14.4. The van der Waals surface area contributed by atoms with Crippen LogP contribution in [-0.2, 0) is 0 Å². The van der Waals surface area contributed by atoms with Crippen molar-refractivity contribution >= 4 is 0 Å². The van der Waals surface area contributed by atoms with E-state index in [1.54, 1.807) is 0 Å². The molecule has 4 heteroatoms. The van der Waals surface area contributed by atoms with E-state index in [1.807, 2.05) is 0 Å². The molecule has 1 saturated heterocycles. The zero-order chi connectivity index (χ0) is 13.8. The Morgan fingerprint density at radius 3 is 2.58 bits per heavy atom. The number of nitrogens with zero attached hydrogens (tertiary/aromatic N) is 1. The van der Waals surface area contributed by atoms with Crippen molar-refractivity contribution in [1.82, 2.24) is 4.90 Å². The average molecular weight is 268 g/mol. The molecule has 0 bridgehead atoms. The molecule has 1 aromatic rings. The van der Waals surface area contributed by atoms with Gasteiger partial charge in [-0.1, -0.05) is 13.3 Å². The minimum Gasteiger partial charge on any atom is -0.324 e. The molecule has 0 aromatic heterocycles. The van der Waals surface area contributed by atoms with Crippen LogP contribution in [0.4, 0.5) is 8.78 Å². The molecule has 0 radical (unpaired) electrons. The van der Waals surface area contributed by atoms with Crippen LogP contribution in [0.15, 0.2) is 18.2 Å². The summed E-state index contributed by atoms with van der Waals surface area (Å²) in [4.78, 5) is 2.39. The summed E-state index contributed by atoms with van der Waals surface area (Å²) < 4.78 is 26.2. The summed E-state index contributed by atoms with van der Waals surface area (Å²) >= 11 is 0. The van der Waals surface area contributed by atoms with Gasteiger partial charge in [0.25, 0.3) is 0 Å². The maximum atomic E-state index is 13.1. The second kappa shape index (κ2) is 6.44. The maximum Gasteiger partial charge on any atom is 0.126 e. The molecule has 19 heavy (non-hydrogen) atoms. The Bertz CT molecular complexity index is 402. The Morgan fingerprint density at radius 1 is 1.32 bits per heavy atom. The highest BCUT2D eigenvalue weighted by molar-refractivity contribution is 5.21. The third kappa shape index (κ3) is 3.98. The Balaban J connectivity index is 1.85. The summed E-state index contributed by atoms with van der Waals surface area (Å²) in [6.07, 6.45) is 3.21. The fourth-order valence-corrected chi connectivity index (χ4v) is 2.73. The summed E-state index contributed by atoms with van der Waals surface area (Å²) in [5.74, 6) is -0.321. The first-order valence-electron chi connectivity index (χ1n) is 7.02. The van der Waals surface area contributed by atoms with Crippen LogP contribution in [0.3, 0.4) is 0 Å². The third-order valence-corrected chi connectivity index (χ3v) is 4.02. The quantitative estimate of drug-likeness (QED) is 0.889. The SMILES string of the molecule is CCC1CCN(CCC(N)c2cc(F)cc(F)c2)C1. The molecule has 2 N–H and O–H groups in total. The Kier molecular flexibility index (Phi) is 4.88. The second-order valence-corrected chi connectivity index (χ2v) is 5.46. The number of halogens is 2. The first-order valence-corrected chi connectivity index (χ1v) is 7.02. The molecule has 0 saturated carbocycles. The van der Waals surface area contributed by atoms with Gasteiger partial charge in [0.1, 0.15) is 11.6 Å². The largest absolute Gasteiger partial charge is 0.324 e. The Hall–Kier alpha value is -1.00. The number of rotatable bonds is 5. The van der Waals surface area contributed by atoms with Crippen molar-refractivity contribution in [1.29, 1.82) is 0 Å². The molecule has 1 aromatic carbocycles. The minimum absolute atomic E-state index is 0.300. The van der Waals surface area contributed by atoms with Crippen molar-refractivity contribution < 1.29 is 8.78 Å². The fourth-order valence-electron chi connectivity index (χ4n) is 2.73. The lowest BCUT2D eigenvalue weighted by atomic mass is 10.0. The molecule has 1 fully saturated rings. The van der Waals surface area contributed by atoms with Gasteiger partial charge in [0.2, 0.25) is 0 Å². The van der Waals surface area contributed by atoms with Crippen LogP contribution in [0, 0.1) is 17.6 Å². The number of hydrogen-bond acceptors (Lipinski definition) is 2. The number of nitrogens with two attached hydrogens (primary N) is 1. The van der Waals surface area contributed by atoms with Crippen LogP contribution >= 0.6 is 0 Å². The second-order valence-electron chi connectivity index (χ2n) is 5.46. The molecular weight excluding hydrogens is 246 g/mol. The van der Waals surface area contributed by atoms with E-state index in [1.165, 1.54) is 25.0 Å². The van der Waals surface area contributed by atoms with Crippen molar-refractivity contribution in [2.45, 2.75) is 32.2 Å². The topological polar surface area (TPSA) is 29.3 Å². The average Bonchev–Trinajstić information content (AvgIpc) is 2.82. The van der Waals surface area contributed by atoms with Crippen molar-refractivity contribution in [2.75, 3.05) is 19.6 Å². The molecule has 0 aliphatic carbocycles. The highest BCUT2D eigenvalue weighted by Gasteiger charge is 2.21. The van der Waals surface area contributed by atoms with Gasteiger partial charge in [0.15, 0.2) is 0 Å². The summed E-state index contributed by atoms with van der Waals surface area (Å²) in [7, 11) is 0. The van der Waals surface area contributed by atoms with Crippen molar-refractivity contribution in [3.05, 3.63) is 35.4 Å². The third-order valence-electron chi connectivity index (χ3n) is 4.02. The zero-order valence-corrected chi connectivity index (χ0v) is 11.4. The van der Waals surface area contributed by atoms with E-state index in [0.717, 1.165) is 38.0 Å². The van der Waals surface area contributed by atoms with Gasteiger partial charge in [-0.3, -0.25) is 0 Å². The lowest BCUT2D eigenvalue weighted by molar-refractivity contribution is 0.308. The van der Waals surface area contributed by atoms with Crippen LogP contribution in [0.2, 0.25) is 0 Å². The number of hydrogen-bond donors (Lipinski definition) is 1. The van der Waals surface area contributed by atoms with Gasteiger partial charge >= 0.3 is 0 Å². The van der Waals surface area contributed by atoms with Gasteiger partial charge in [-0.2, -0.15) is 0 Å². The Morgan fingerprint density at radius 2 is 2.00 bits per heavy atom. The van der Waals surface area contributed by atoms with Crippen molar-refractivity contribution in [2.24, 2.45) is 11.7 Å². The molecule has 1 aliphatic heterocycles. The van der Waals surface area contributed by atoms with E-state index >= 15 is 0 Å². The van der Waals surface area contributed by atoms with Crippen molar-refractivity contribution in [3.63, 3.8) is 0 Å². The van der Waals surface area contributed by atoms with E-state index < -0.39 is 11.6 Å². The highest BCUT2D eigenvalue weighted by atomic mass is 19.1. The van der Waals surface area contributed by atoms with Crippen molar-refractivity contribution in [3.8, 4) is 0 Å². The molecule has 1 heterocycles. The summed E-state index contributed by atoms with van der Waals surface area (Å²) in [6, 6.07) is 3.23. The van der Waals surface area contributed by atoms with E-state index in [-0.39, 0.29) is 6.04 Å². The van der Waals surface area contributed by atoms with Crippen LogP contribution in [0.5, 0.6) is 0 Å². The van der Waals surface area contributed by atoms with Crippen LogP contribution in [0.25, 0.3) is 0 Å². The lowest BCUT2D eigenvalue weighted by Crippen LogP contribution is -2.25. The van der Waals surface area contributed by atoms with Gasteiger partial charge in [0.05, 0.1) is 0 Å². The predicted octanol–water partition coefficient (Wildman–Crippen LogP) is 3.09. The van der Waals surface area contributed by atoms with Gasteiger partial charge in [-0.25, -0.2) is 8.78 Å². The summed E-state index contributed by atoms with van der Waals surface area (Å²) in [6.45, 7) is 5.36. The summed E-state index contributed by atoms with van der Waals surface area (Å²) in [5.41, 5.74) is 6.56. The zero-order valence-electron chi connectivity index (χ0n) is 11.4. The van der Waals surface area contributed by atoms with Gasteiger partial charge in [0, 0.05) is 18.7 Å². The number of benzene rings is 1. The van der Waals surface area contributed by atoms with Crippen LogP contribution < -0.4 is 5.73 Å². The minimum atomic E-state index is -0.558. The molecule has 0 amide bonds. The molecule has 2 unspecified atom stereocenters. The molecule has 0 spiro atoms. The van der Waals surface area contributed by atoms with Gasteiger partial charge < -0.3 is 10.6 Å². The molecule has 1 aliphatic rings. The lowest BCUT2D eigenvalue weighted by Gasteiger charge is -2.19. The molecule has 2 rings (SSSR count). The summed E-state index contributed by atoms with van der Waals surface area (Å²) in [5, 5.41) is 0. The fraction of sp³-hybridized carbons (Fsp3) is 0.600. The first-order chi connectivity index (χ1) is 9.08. The standard InChI is InChI=1S/C15H22F2N2/c1-2-11-3-5-19(10-11)6-4-15(18)12-7-13(16)9-14(17)8-12/h7-9,11,15H,2-6,10,18H2,1H3. The molecule has 106 valence electrons. The van der Waals surface area contributed by atoms with E-state index in [4.69, 9.17) is 5.73 Å². The number of likely N-dealkylation sites (tertiary alicyclic amines) is 1. The van der Waals surface area contributed by atoms with Crippen LogP contribution in [-0.4, -0.2) is 24.5 Å². The molecule has 2 atom stereocenters. The van der Waals surface area contributed by atoms with E-state index in [0.29, 0.717) is 5.56 Å². The van der Waals surface area contributed by atoms with E-state index in [2.05, 4.69) is 11.8 Å². The molecular formula is C15H22F2N2. The molecule has 2 nitrogen and oxygen atoms in total. The smallest absolute Gasteiger partial charge is 0.126 e. The predicted molar refractivity (Wildman–Crippen MR) is 72.7 cm³/mol. The van der Waals surface area contributed by atoms with Gasteiger partial charge in [-0.05, 0) is 49.5 Å². The highest BCUT2D eigenvalue weighted by Crippen LogP contribution is 2.22. The Labute approximate surface area is 113 Å². The maximum absolute atomic E-state index is 13.1. The normalized spacial score (nSPS) is 21.8. The van der Waals surface area contributed by atoms with E-state index in [9.17, 15) is 8.78 Å². The van der Waals surface area contributed by atoms with Gasteiger partial charge in [-0.15, -0.1) is 0 Å². The monoisotopic (exact) mass is 268 g/mol. The van der Waals surface area contributed by atoms with Crippen LogP contribution in [0.1, 0.15) is 37.8 Å².